The molecule has 164 valence electrons. The van der Waals surface area contributed by atoms with Crippen molar-refractivity contribution < 1.29 is 9.21 Å². The summed E-state index contributed by atoms with van der Waals surface area (Å²) in [6, 6.07) is 9.77. The van der Waals surface area contributed by atoms with Gasteiger partial charge in [0.25, 0.3) is 5.91 Å². The molecule has 1 aliphatic rings. The van der Waals surface area contributed by atoms with Crippen LogP contribution in [0.1, 0.15) is 54.7 Å². The number of amides is 1. The monoisotopic (exact) mass is 422 g/mol. The number of nitrogens with zero attached hydrogens (tertiary/aromatic N) is 6. The molecule has 1 atom stereocenters. The molecular formula is C23H30N6O2. The minimum Gasteiger partial charge on any atom is -0.459 e. The highest BCUT2D eigenvalue weighted by Crippen LogP contribution is 2.33. The molecule has 1 aliphatic heterocycles. The number of para-hydroxylation sites is 1. The fourth-order valence-corrected chi connectivity index (χ4v) is 4.46. The molecule has 4 rings (SSSR count). The maximum absolute atomic E-state index is 12.6. The predicted molar refractivity (Wildman–Crippen MR) is 117 cm³/mol. The van der Waals surface area contributed by atoms with E-state index in [1.807, 2.05) is 9.58 Å². The maximum atomic E-state index is 12.6. The van der Waals surface area contributed by atoms with Gasteiger partial charge in [0.2, 0.25) is 0 Å². The van der Waals surface area contributed by atoms with Crippen molar-refractivity contribution in [2.24, 2.45) is 0 Å². The summed E-state index contributed by atoms with van der Waals surface area (Å²) in [5.41, 5.74) is 3.09. The molecule has 0 spiro atoms. The SMILES string of the molecule is CCc1cccc(C)c1-n1nnnc1C(C)(CC)N1CCN(C(=O)c2ccco2)CC1. The lowest BCUT2D eigenvalue weighted by atomic mass is 9.93. The minimum absolute atomic E-state index is 0.0554. The van der Waals surface area contributed by atoms with E-state index in [-0.39, 0.29) is 11.4 Å². The summed E-state index contributed by atoms with van der Waals surface area (Å²) in [7, 11) is 0. The van der Waals surface area contributed by atoms with E-state index in [1.54, 1.807) is 12.1 Å². The Morgan fingerprint density at radius 2 is 1.90 bits per heavy atom. The average Bonchev–Trinajstić information content (AvgIpc) is 3.50. The lowest BCUT2D eigenvalue weighted by Crippen LogP contribution is -2.56. The Morgan fingerprint density at radius 1 is 1.13 bits per heavy atom. The number of aryl methyl sites for hydroxylation is 2. The van der Waals surface area contributed by atoms with Gasteiger partial charge in [0.1, 0.15) is 0 Å². The molecular weight excluding hydrogens is 392 g/mol. The summed E-state index contributed by atoms with van der Waals surface area (Å²) in [6.07, 6.45) is 3.30. The van der Waals surface area contributed by atoms with Gasteiger partial charge in [-0.25, -0.2) is 0 Å². The quantitative estimate of drug-likeness (QED) is 0.607. The largest absolute Gasteiger partial charge is 0.459 e. The number of carbonyl (C=O) groups excluding carboxylic acids is 1. The third kappa shape index (κ3) is 3.76. The minimum atomic E-state index is -0.351. The van der Waals surface area contributed by atoms with Crippen molar-refractivity contribution in [3.8, 4) is 5.69 Å². The molecule has 1 unspecified atom stereocenters. The second kappa shape index (κ2) is 8.63. The third-order valence-electron chi connectivity index (χ3n) is 6.55. The lowest BCUT2D eigenvalue weighted by Gasteiger charge is -2.44. The number of piperazine rings is 1. The van der Waals surface area contributed by atoms with Crippen LogP contribution in [0.25, 0.3) is 5.69 Å². The number of hydrogen-bond donors (Lipinski definition) is 0. The predicted octanol–water partition coefficient (Wildman–Crippen LogP) is 3.21. The normalized spacial score (nSPS) is 17.0. The Bertz CT molecular complexity index is 1040. The van der Waals surface area contributed by atoms with E-state index in [4.69, 9.17) is 4.42 Å². The molecule has 31 heavy (non-hydrogen) atoms. The standard InChI is InChI=1S/C23H30N6O2/c1-5-18-10-7-9-17(3)20(18)29-22(24-25-26-29)23(4,6-2)28-14-12-27(13-15-28)21(30)19-11-8-16-31-19/h7-11,16H,5-6,12-15H2,1-4H3. The summed E-state index contributed by atoms with van der Waals surface area (Å²) < 4.78 is 7.20. The lowest BCUT2D eigenvalue weighted by molar-refractivity contribution is 0.0251. The first kappa shape index (κ1) is 21.2. The van der Waals surface area contributed by atoms with Gasteiger partial charge in [-0.05, 0) is 60.4 Å². The summed E-state index contributed by atoms with van der Waals surface area (Å²) in [5.74, 6) is 1.17. The van der Waals surface area contributed by atoms with Crippen molar-refractivity contribution in [3.05, 3.63) is 59.3 Å². The van der Waals surface area contributed by atoms with Crippen LogP contribution in [0.4, 0.5) is 0 Å². The maximum Gasteiger partial charge on any atom is 0.289 e. The molecule has 0 bridgehead atoms. The summed E-state index contributed by atoms with van der Waals surface area (Å²) in [6.45, 7) is 11.4. The van der Waals surface area contributed by atoms with Gasteiger partial charge in [0.05, 0.1) is 17.5 Å². The summed E-state index contributed by atoms with van der Waals surface area (Å²) >= 11 is 0. The highest BCUT2D eigenvalue weighted by molar-refractivity contribution is 5.91. The van der Waals surface area contributed by atoms with Gasteiger partial charge in [-0.2, -0.15) is 4.68 Å². The zero-order chi connectivity index (χ0) is 22.0. The van der Waals surface area contributed by atoms with Gasteiger partial charge >= 0.3 is 0 Å². The van der Waals surface area contributed by atoms with Crippen LogP contribution in [0.2, 0.25) is 0 Å². The van der Waals surface area contributed by atoms with E-state index in [1.165, 1.54) is 11.8 Å². The number of rotatable bonds is 6. The van der Waals surface area contributed by atoms with Crippen LogP contribution >= 0.6 is 0 Å². The summed E-state index contributed by atoms with van der Waals surface area (Å²) in [4.78, 5) is 16.9. The molecule has 0 N–H and O–H groups in total. The zero-order valence-corrected chi connectivity index (χ0v) is 18.7. The molecule has 3 heterocycles. The van der Waals surface area contributed by atoms with Crippen LogP contribution in [-0.2, 0) is 12.0 Å². The Balaban J connectivity index is 1.60. The van der Waals surface area contributed by atoms with E-state index < -0.39 is 0 Å². The van der Waals surface area contributed by atoms with Crippen LogP contribution in [-0.4, -0.2) is 62.1 Å². The van der Waals surface area contributed by atoms with E-state index in [2.05, 4.69) is 66.3 Å². The van der Waals surface area contributed by atoms with Gasteiger partial charge < -0.3 is 9.32 Å². The Hall–Kier alpha value is -3.00. The smallest absolute Gasteiger partial charge is 0.289 e. The molecule has 0 saturated carbocycles. The molecule has 2 aromatic heterocycles. The number of hydrogen-bond acceptors (Lipinski definition) is 6. The molecule has 0 aliphatic carbocycles. The second-order valence-corrected chi connectivity index (χ2v) is 8.23. The molecule has 1 aromatic carbocycles. The van der Waals surface area contributed by atoms with Gasteiger partial charge in [-0.15, -0.1) is 5.10 Å². The molecule has 3 aromatic rings. The zero-order valence-electron chi connectivity index (χ0n) is 18.7. The molecule has 0 radical (unpaired) electrons. The third-order valence-corrected chi connectivity index (χ3v) is 6.55. The molecule has 8 heteroatoms. The van der Waals surface area contributed by atoms with Crippen molar-refractivity contribution in [2.75, 3.05) is 26.2 Å². The Morgan fingerprint density at radius 3 is 2.55 bits per heavy atom. The van der Waals surface area contributed by atoms with Crippen molar-refractivity contribution in [2.45, 2.75) is 46.1 Å². The Kier molecular flexibility index (Phi) is 5.91. The fraction of sp³-hybridized carbons (Fsp3) is 0.478. The van der Waals surface area contributed by atoms with Crippen LogP contribution in [0.3, 0.4) is 0 Å². The first-order valence-electron chi connectivity index (χ1n) is 10.9. The molecule has 8 nitrogen and oxygen atoms in total. The number of aromatic nitrogens is 4. The summed E-state index contributed by atoms with van der Waals surface area (Å²) in [5, 5.41) is 12.9. The van der Waals surface area contributed by atoms with E-state index >= 15 is 0 Å². The van der Waals surface area contributed by atoms with E-state index in [0.717, 1.165) is 43.0 Å². The van der Waals surface area contributed by atoms with Crippen molar-refractivity contribution >= 4 is 5.91 Å². The van der Waals surface area contributed by atoms with Gasteiger partial charge in [-0.3, -0.25) is 9.69 Å². The van der Waals surface area contributed by atoms with Gasteiger partial charge in [-0.1, -0.05) is 32.0 Å². The average molecular weight is 423 g/mol. The van der Waals surface area contributed by atoms with Crippen molar-refractivity contribution in [1.82, 2.24) is 30.0 Å². The Labute approximate surface area is 182 Å². The fourth-order valence-electron chi connectivity index (χ4n) is 4.46. The second-order valence-electron chi connectivity index (χ2n) is 8.23. The number of carbonyl (C=O) groups is 1. The molecule has 1 saturated heterocycles. The molecule has 1 amide bonds. The van der Waals surface area contributed by atoms with Crippen LogP contribution in [0, 0.1) is 6.92 Å². The first-order chi connectivity index (χ1) is 15.0. The molecule has 1 fully saturated rings. The van der Waals surface area contributed by atoms with Crippen molar-refractivity contribution in [1.29, 1.82) is 0 Å². The van der Waals surface area contributed by atoms with Gasteiger partial charge in [0.15, 0.2) is 11.6 Å². The topological polar surface area (TPSA) is 80.3 Å². The highest BCUT2D eigenvalue weighted by atomic mass is 16.3. The van der Waals surface area contributed by atoms with Crippen LogP contribution < -0.4 is 0 Å². The van der Waals surface area contributed by atoms with Crippen molar-refractivity contribution in [3.63, 3.8) is 0 Å². The highest BCUT2D eigenvalue weighted by Gasteiger charge is 2.40. The first-order valence-corrected chi connectivity index (χ1v) is 10.9. The van der Waals surface area contributed by atoms with E-state index in [9.17, 15) is 4.79 Å². The van der Waals surface area contributed by atoms with Crippen LogP contribution in [0.5, 0.6) is 0 Å². The van der Waals surface area contributed by atoms with E-state index in [0.29, 0.717) is 18.8 Å². The van der Waals surface area contributed by atoms with Gasteiger partial charge in [0, 0.05) is 26.2 Å². The number of tetrazole rings is 1. The van der Waals surface area contributed by atoms with Crippen LogP contribution in [0.15, 0.2) is 41.0 Å². The number of furan rings is 1. The number of benzene rings is 1.